The van der Waals surface area contributed by atoms with Gasteiger partial charge in [-0.05, 0) is 58.1 Å². The summed E-state index contributed by atoms with van der Waals surface area (Å²) < 4.78 is 11.4. The Morgan fingerprint density at radius 3 is 2.79 bits per heavy atom. The zero-order valence-corrected chi connectivity index (χ0v) is 17.1. The van der Waals surface area contributed by atoms with E-state index in [9.17, 15) is 0 Å². The second-order valence-electron chi connectivity index (χ2n) is 7.24. The summed E-state index contributed by atoms with van der Waals surface area (Å²) in [6, 6.07) is 6.36. The molecule has 28 heavy (non-hydrogen) atoms. The van der Waals surface area contributed by atoms with Gasteiger partial charge in [-0.3, -0.25) is 0 Å². The predicted octanol–water partition coefficient (Wildman–Crippen LogP) is 3.31. The minimum Gasteiger partial charge on any atom is -0.490 e. The molecule has 1 heterocycles. The lowest BCUT2D eigenvalue weighted by Crippen LogP contribution is -2.38. The fourth-order valence-corrected chi connectivity index (χ4v) is 3.32. The highest BCUT2D eigenvalue weighted by Gasteiger charge is 2.18. The zero-order chi connectivity index (χ0) is 19.8. The first-order chi connectivity index (χ1) is 13.6. The molecule has 0 spiro atoms. The van der Waals surface area contributed by atoms with Crippen LogP contribution in [0.2, 0.25) is 0 Å². The Morgan fingerprint density at radius 1 is 1.25 bits per heavy atom. The monoisotopic (exact) mass is 385 g/mol. The van der Waals surface area contributed by atoms with Crippen molar-refractivity contribution in [2.24, 2.45) is 4.99 Å². The molecule has 0 aliphatic heterocycles. The molecule has 1 saturated carbocycles. The molecule has 152 valence electrons. The van der Waals surface area contributed by atoms with Gasteiger partial charge >= 0.3 is 0 Å². The van der Waals surface area contributed by atoms with E-state index in [0.29, 0.717) is 37.3 Å². The van der Waals surface area contributed by atoms with E-state index in [4.69, 9.17) is 14.3 Å². The van der Waals surface area contributed by atoms with E-state index in [2.05, 4.69) is 52.8 Å². The lowest BCUT2D eigenvalue weighted by atomic mass is 10.1. The second-order valence-corrected chi connectivity index (χ2v) is 7.24. The third kappa shape index (κ3) is 5.97. The van der Waals surface area contributed by atoms with Crippen molar-refractivity contribution in [1.29, 1.82) is 0 Å². The van der Waals surface area contributed by atoms with Gasteiger partial charge in [0.05, 0.1) is 12.6 Å². The maximum Gasteiger partial charge on any atom is 0.228 e. The van der Waals surface area contributed by atoms with Crippen LogP contribution in [0.25, 0.3) is 0 Å². The summed E-state index contributed by atoms with van der Waals surface area (Å²) in [6.45, 7) is 8.01. The van der Waals surface area contributed by atoms with Crippen LogP contribution in [0, 0.1) is 13.8 Å². The Morgan fingerprint density at radius 2 is 2.07 bits per heavy atom. The van der Waals surface area contributed by atoms with E-state index in [1.54, 1.807) is 0 Å². The Bertz CT molecular complexity index is 781. The quantitative estimate of drug-likeness (QED) is 0.536. The topological polar surface area (TPSA) is 84.6 Å². The third-order valence-electron chi connectivity index (χ3n) is 4.77. The molecule has 0 atom stereocenters. The molecule has 1 aliphatic carbocycles. The third-order valence-corrected chi connectivity index (χ3v) is 4.77. The molecular formula is C21H31N5O2. The van der Waals surface area contributed by atoms with Crippen LogP contribution in [0.4, 0.5) is 0 Å². The first kappa shape index (κ1) is 20.2. The second kappa shape index (κ2) is 10.1. The maximum absolute atomic E-state index is 6.28. The summed E-state index contributed by atoms with van der Waals surface area (Å²) in [7, 11) is 0. The van der Waals surface area contributed by atoms with Gasteiger partial charge in [-0.1, -0.05) is 17.3 Å². The summed E-state index contributed by atoms with van der Waals surface area (Å²) in [4.78, 5) is 8.95. The molecule has 0 unspecified atom stereocenters. The van der Waals surface area contributed by atoms with Crippen LogP contribution in [-0.4, -0.2) is 35.3 Å². The van der Waals surface area contributed by atoms with Gasteiger partial charge in [0.25, 0.3) is 0 Å². The Balaban J connectivity index is 1.61. The van der Waals surface area contributed by atoms with Gasteiger partial charge in [-0.15, -0.1) is 0 Å². The standard InChI is InChI=1S/C21H31N5O2/c1-4-22-21(23-12-11-20-25-16(3)26-28-20)24-14-17-10-9-15(2)13-19(17)27-18-7-5-6-8-18/h9-10,13,18H,4-8,11-12,14H2,1-3H3,(H2,22,23,24). The number of hydrogen-bond donors (Lipinski definition) is 2. The number of rotatable bonds is 8. The van der Waals surface area contributed by atoms with Crippen LogP contribution in [-0.2, 0) is 13.0 Å². The fraction of sp³-hybridized carbons (Fsp3) is 0.571. The van der Waals surface area contributed by atoms with E-state index in [1.807, 2.05) is 6.92 Å². The van der Waals surface area contributed by atoms with E-state index < -0.39 is 0 Å². The number of aromatic nitrogens is 2. The number of ether oxygens (including phenoxy) is 1. The predicted molar refractivity (Wildman–Crippen MR) is 110 cm³/mol. The smallest absolute Gasteiger partial charge is 0.228 e. The molecule has 0 radical (unpaired) electrons. The van der Waals surface area contributed by atoms with Crippen LogP contribution in [0.3, 0.4) is 0 Å². The van der Waals surface area contributed by atoms with Crippen molar-refractivity contribution in [2.75, 3.05) is 13.1 Å². The van der Waals surface area contributed by atoms with Crippen molar-refractivity contribution in [3.05, 3.63) is 41.0 Å². The highest BCUT2D eigenvalue weighted by atomic mass is 16.5. The number of aliphatic imine (C=N–C) groups is 1. The summed E-state index contributed by atoms with van der Waals surface area (Å²) in [6.07, 6.45) is 5.82. The van der Waals surface area contributed by atoms with Gasteiger partial charge in [0.1, 0.15) is 5.75 Å². The van der Waals surface area contributed by atoms with Crippen LogP contribution >= 0.6 is 0 Å². The van der Waals surface area contributed by atoms with E-state index in [-0.39, 0.29) is 0 Å². The lowest BCUT2D eigenvalue weighted by Gasteiger charge is -2.17. The minimum atomic E-state index is 0.341. The normalized spacial score (nSPS) is 15.0. The van der Waals surface area contributed by atoms with Crippen molar-refractivity contribution in [3.63, 3.8) is 0 Å². The Kier molecular flexibility index (Phi) is 7.28. The molecule has 0 amide bonds. The summed E-state index contributed by atoms with van der Waals surface area (Å²) >= 11 is 0. The number of guanidine groups is 1. The fourth-order valence-electron chi connectivity index (χ4n) is 3.32. The first-order valence-corrected chi connectivity index (χ1v) is 10.2. The average Bonchev–Trinajstić information content (AvgIpc) is 3.32. The first-order valence-electron chi connectivity index (χ1n) is 10.2. The molecular weight excluding hydrogens is 354 g/mol. The van der Waals surface area contributed by atoms with Gasteiger partial charge in [-0.2, -0.15) is 4.98 Å². The van der Waals surface area contributed by atoms with Crippen LogP contribution < -0.4 is 15.4 Å². The van der Waals surface area contributed by atoms with Crippen LogP contribution in [0.5, 0.6) is 5.75 Å². The highest BCUT2D eigenvalue weighted by molar-refractivity contribution is 5.79. The maximum atomic E-state index is 6.28. The van der Waals surface area contributed by atoms with E-state index in [1.165, 1.54) is 18.4 Å². The molecule has 1 aliphatic rings. The molecule has 0 bridgehead atoms. The zero-order valence-electron chi connectivity index (χ0n) is 17.1. The molecule has 7 nitrogen and oxygen atoms in total. The van der Waals surface area contributed by atoms with Gasteiger partial charge in [0.2, 0.25) is 5.89 Å². The van der Waals surface area contributed by atoms with Gasteiger partial charge in [-0.25, -0.2) is 4.99 Å². The SMILES string of the molecule is CCNC(=NCc1ccc(C)cc1OC1CCCC1)NCCc1nc(C)no1. The molecule has 0 saturated heterocycles. The van der Waals surface area contributed by atoms with Gasteiger partial charge < -0.3 is 19.9 Å². The molecule has 2 aromatic rings. The molecule has 1 aromatic carbocycles. The molecule has 1 fully saturated rings. The van der Waals surface area contributed by atoms with Crippen molar-refractivity contribution < 1.29 is 9.26 Å². The Hall–Kier alpha value is -2.57. The van der Waals surface area contributed by atoms with Crippen molar-refractivity contribution in [3.8, 4) is 5.75 Å². The van der Waals surface area contributed by atoms with E-state index in [0.717, 1.165) is 36.7 Å². The number of nitrogens with zero attached hydrogens (tertiary/aromatic N) is 3. The van der Waals surface area contributed by atoms with Crippen LogP contribution in [0.15, 0.2) is 27.7 Å². The van der Waals surface area contributed by atoms with Crippen LogP contribution in [0.1, 0.15) is 55.4 Å². The summed E-state index contributed by atoms with van der Waals surface area (Å²) in [5.74, 6) is 3.02. The number of benzene rings is 1. The van der Waals surface area contributed by atoms with Gasteiger partial charge in [0.15, 0.2) is 11.8 Å². The molecule has 1 aromatic heterocycles. The molecule has 3 rings (SSSR count). The molecule has 2 N–H and O–H groups in total. The van der Waals surface area contributed by atoms with Crippen molar-refractivity contribution in [1.82, 2.24) is 20.8 Å². The van der Waals surface area contributed by atoms with E-state index >= 15 is 0 Å². The largest absolute Gasteiger partial charge is 0.490 e. The van der Waals surface area contributed by atoms with Crippen molar-refractivity contribution in [2.45, 2.75) is 65.5 Å². The summed E-state index contributed by atoms with van der Waals surface area (Å²) in [5, 5.41) is 10.4. The highest BCUT2D eigenvalue weighted by Crippen LogP contribution is 2.28. The minimum absolute atomic E-state index is 0.341. The van der Waals surface area contributed by atoms with Gasteiger partial charge in [0, 0.05) is 25.1 Å². The number of nitrogens with one attached hydrogen (secondary N) is 2. The lowest BCUT2D eigenvalue weighted by molar-refractivity contribution is 0.208. The average molecular weight is 386 g/mol. The summed E-state index contributed by atoms with van der Waals surface area (Å²) in [5.41, 5.74) is 2.32. The number of aryl methyl sites for hydroxylation is 2. The van der Waals surface area contributed by atoms with Crippen molar-refractivity contribution >= 4 is 5.96 Å². The number of hydrogen-bond acceptors (Lipinski definition) is 5. The Labute approximate surface area is 167 Å². The molecule has 7 heteroatoms.